The van der Waals surface area contributed by atoms with Gasteiger partial charge in [0.05, 0.1) is 18.7 Å². The number of piperidine rings is 1. The third kappa shape index (κ3) is 3.56. The molecule has 0 unspecified atom stereocenters. The second kappa shape index (κ2) is 7.21. The van der Waals surface area contributed by atoms with Gasteiger partial charge in [-0.1, -0.05) is 17.3 Å². The molecule has 148 valence electrons. The molecule has 3 heterocycles. The topological polar surface area (TPSA) is 88.8 Å². The van der Waals surface area contributed by atoms with Gasteiger partial charge < -0.3 is 19.1 Å². The van der Waals surface area contributed by atoms with Crippen LogP contribution in [0.2, 0.25) is 0 Å². The fraction of sp³-hybridized carbons (Fsp3) is 0.474. The highest BCUT2D eigenvalue weighted by atomic mass is 19.1. The number of ether oxygens (including phenoxy) is 1. The van der Waals surface area contributed by atoms with Gasteiger partial charge in [0, 0.05) is 26.4 Å². The van der Waals surface area contributed by atoms with Crippen LogP contribution < -0.4 is 0 Å². The van der Waals surface area contributed by atoms with Gasteiger partial charge in [-0.15, -0.1) is 0 Å². The molecule has 0 aliphatic carbocycles. The van der Waals surface area contributed by atoms with Gasteiger partial charge >= 0.3 is 6.09 Å². The summed E-state index contributed by atoms with van der Waals surface area (Å²) in [6.07, 6.45) is 1.65. The summed E-state index contributed by atoms with van der Waals surface area (Å²) in [6, 6.07) is 6.18. The first-order valence-electron chi connectivity index (χ1n) is 9.25. The number of aryl methyl sites for hydroxylation is 1. The number of carbonyl (C=O) groups is 2. The Morgan fingerprint density at radius 2 is 2.14 bits per heavy atom. The molecule has 2 fully saturated rings. The maximum absolute atomic E-state index is 13.8. The number of likely N-dealkylation sites (N-methyl/N-ethyl adjacent to an activating group) is 1. The van der Waals surface area contributed by atoms with Crippen molar-refractivity contribution in [2.24, 2.45) is 0 Å². The molecule has 8 nitrogen and oxygen atoms in total. The van der Waals surface area contributed by atoms with E-state index in [0.717, 1.165) is 12.8 Å². The molecule has 2 saturated heterocycles. The Hall–Kier alpha value is -2.97. The Bertz CT molecular complexity index is 902. The van der Waals surface area contributed by atoms with Crippen LogP contribution >= 0.6 is 0 Å². The lowest BCUT2D eigenvalue weighted by Gasteiger charge is -2.38. The molecule has 2 aromatic rings. The number of likely N-dealkylation sites (tertiary alicyclic amines) is 1. The van der Waals surface area contributed by atoms with E-state index in [1.165, 1.54) is 11.0 Å². The van der Waals surface area contributed by atoms with E-state index >= 15 is 0 Å². The van der Waals surface area contributed by atoms with E-state index in [9.17, 15) is 14.0 Å². The predicted octanol–water partition coefficient (Wildman–Crippen LogP) is 2.25. The van der Waals surface area contributed by atoms with Crippen LogP contribution in [-0.2, 0) is 16.0 Å². The second-order valence-electron chi connectivity index (χ2n) is 7.32. The Balaban J connectivity index is 1.36. The van der Waals surface area contributed by atoms with Crippen molar-refractivity contribution in [2.45, 2.75) is 31.3 Å². The van der Waals surface area contributed by atoms with Gasteiger partial charge in [-0.2, -0.15) is 4.98 Å². The monoisotopic (exact) mass is 388 g/mol. The first-order valence-corrected chi connectivity index (χ1v) is 9.25. The molecule has 1 atom stereocenters. The lowest BCUT2D eigenvalue weighted by Crippen LogP contribution is -2.52. The maximum Gasteiger partial charge on any atom is 0.410 e. The zero-order valence-corrected chi connectivity index (χ0v) is 15.6. The Morgan fingerprint density at radius 1 is 1.32 bits per heavy atom. The number of carbonyl (C=O) groups excluding carboxylic acids is 2. The highest BCUT2D eigenvalue weighted by Crippen LogP contribution is 2.31. The molecule has 0 saturated carbocycles. The summed E-state index contributed by atoms with van der Waals surface area (Å²) < 4.78 is 24.5. The first-order chi connectivity index (χ1) is 13.5. The Labute approximate surface area is 161 Å². The smallest absolute Gasteiger partial charge is 0.410 e. The molecule has 2 aliphatic rings. The number of amides is 2. The highest BCUT2D eigenvalue weighted by Gasteiger charge is 2.47. The van der Waals surface area contributed by atoms with E-state index in [1.54, 1.807) is 30.1 Å². The van der Waals surface area contributed by atoms with E-state index in [1.807, 2.05) is 0 Å². The molecule has 0 N–H and O–H groups in total. The largest absolute Gasteiger partial charge is 0.439 e. The van der Waals surface area contributed by atoms with Gasteiger partial charge in [-0.05, 0) is 25.0 Å². The van der Waals surface area contributed by atoms with Crippen LogP contribution in [0.25, 0.3) is 11.4 Å². The molecule has 9 heteroatoms. The van der Waals surface area contributed by atoms with Crippen LogP contribution in [0.15, 0.2) is 28.8 Å². The van der Waals surface area contributed by atoms with E-state index < -0.39 is 11.4 Å². The lowest BCUT2D eigenvalue weighted by molar-refractivity contribution is -0.136. The summed E-state index contributed by atoms with van der Waals surface area (Å²) in [5, 5.41) is 3.80. The minimum absolute atomic E-state index is 0.0599. The molecular weight excluding hydrogens is 367 g/mol. The third-order valence-electron chi connectivity index (χ3n) is 5.17. The standard InChI is InChI=1S/C19H21FN4O4/c1-23-11-19(27-18(23)26)9-4-10-24(12-19)16(25)8-7-15-21-17(22-28-15)13-5-2-3-6-14(13)20/h2-3,5-6H,4,7-12H2,1H3/t19-/m0/s1. The van der Waals surface area contributed by atoms with Crippen molar-refractivity contribution in [3.63, 3.8) is 0 Å². The molecule has 2 aliphatic heterocycles. The summed E-state index contributed by atoms with van der Waals surface area (Å²) in [7, 11) is 1.70. The maximum atomic E-state index is 13.8. The van der Waals surface area contributed by atoms with Gasteiger partial charge in [-0.3, -0.25) is 4.79 Å². The van der Waals surface area contributed by atoms with Crippen LogP contribution in [0.1, 0.15) is 25.2 Å². The minimum Gasteiger partial charge on any atom is -0.439 e. The summed E-state index contributed by atoms with van der Waals surface area (Å²) in [4.78, 5) is 31.8. The van der Waals surface area contributed by atoms with Crippen LogP contribution in [0.5, 0.6) is 0 Å². The van der Waals surface area contributed by atoms with E-state index in [0.29, 0.717) is 19.6 Å². The Kier molecular flexibility index (Phi) is 4.74. The number of rotatable bonds is 4. The highest BCUT2D eigenvalue weighted by molar-refractivity contribution is 5.77. The second-order valence-corrected chi connectivity index (χ2v) is 7.32. The van der Waals surface area contributed by atoms with Crippen molar-refractivity contribution in [2.75, 3.05) is 26.7 Å². The first kappa shape index (κ1) is 18.4. The minimum atomic E-state index is -0.609. The average Bonchev–Trinajstić information content (AvgIpc) is 3.25. The van der Waals surface area contributed by atoms with Crippen molar-refractivity contribution >= 4 is 12.0 Å². The number of halogens is 1. The molecule has 1 spiro atoms. The number of hydrogen-bond donors (Lipinski definition) is 0. The zero-order valence-electron chi connectivity index (χ0n) is 15.6. The van der Waals surface area contributed by atoms with Crippen LogP contribution in [0.4, 0.5) is 9.18 Å². The van der Waals surface area contributed by atoms with Gasteiger partial charge in [0.2, 0.25) is 17.6 Å². The summed E-state index contributed by atoms with van der Waals surface area (Å²) in [5.41, 5.74) is -0.351. The molecule has 1 aromatic heterocycles. The van der Waals surface area contributed by atoms with Crippen LogP contribution in [0, 0.1) is 5.82 Å². The SMILES string of the molecule is CN1C[C@]2(CCCN(C(=O)CCc3nc(-c4ccccc4F)no3)C2)OC1=O. The van der Waals surface area contributed by atoms with E-state index in [2.05, 4.69) is 10.1 Å². The van der Waals surface area contributed by atoms with Gasteiger partial charge in [-0.25, -0.2) is 9.18 Å². The predicted molar refractivity (Wildman–Crippen MR) is 95.7 cm³/mol. The van der Waals surface area contributed by atoms with Crippen molar-refractivity contribution < 1.29 is 23.2 Å². The number of benzene rings is 1. The van der Waals surface area contributed by atoms with Crippen LogP contribution in [0.3, 0.4) is 0 Å². The molecule has 0 bridgehead atoms. The van der Waals surface area contributed by atoms with Gasteiger partial charge in [0.1, 0.15) is 11.4 Å². The molecular formula is C19H21FN4O4. The summed E-state index contributed by atoms with van der Waals surface area (Å²) in [5.74, 6) is -0.0420. The van der Waals surface area contributed by atoms with Gasteiger partial charge in [0.25, 0.3) is 0 Å². The number of aromatic nitrogens is 2. The quantitative estimate of drug-likeness (QED) is 0.798. The summed E-state index contributed by atoms with van der Waals surface area (Å²) >= 11 is 0. The lowest BCUT2D eigenvalue weighted by atomic mass is 9.92. The molecule has 0 radical (unpaired) electrons. The zero-order chi connectivity index (χ0) is 19.7. The number of hydrogen-bond acceptors (Lipinski definition) is 6. The average molecular weight is 388 g/mol. The molecule has 4 rings (SSSR count). The molecule has 2 amide bonds. The summed E-state index contributed by atoms with van der Waals surface area (Å²) in [6.45, 7) is 1.52. The van der Waals surface area contributed by atoms with Crippen LogP contribution in [-0.4, -0.2) is 64.2 Å². The Morgan fingerprint density at radius 3 is 2.89 bits per heavy atom. The van der Waals surface area contributed by atoms with Gasteiger partial charge in [0.15, 0.2) is 0 Å². The molecule has 28 heavy (non-hydrogen) atoms. The van der Waals surface area contributed by atoms with Crippen molar-refractivity contribution in [1.29, 1.82) is 0 Å². The number of nitrogens with zero attached hydrogens (tertiary/aromatic N) is 4. The normalized spacial score (nSPS) is 22.0. The van der Waals surface area contributed by atoms with Crippen molar-refractivity contribution in [1.82, 2.24) is 19.9 Å². The van der Waals surface area contributed by atoms with Crippen molar-refractivity contribution in [3.8, 4) is 11.4 Å². The van der Waals surface area contributed by atoms with Crippen molar-refractivity contribution in [3.05, 3.63) is 36.0 Å². The third-order valence-corrected chi connectivity index (χ3v) is 5.17. The fourth-order valence-corrected chi connectivity index (χ4v) is 3.80. The molecule has 1 aromatic carbocycles. The van der Waals surface area contributed by atoms with E-state index in [4.69, 9.17) is 9.26 Å². The van der Waals surface area contributed by atoms with E-state index in [-0.39, 0.29) is 42.1 Å². The fourth-order valence-electron chi connectivity index (χ4n) is 3.80.